The Labute approximate surface area is 190 Å². The lowest BCUT2D eigenvalue weighted by Crippen LogP contribution is -2.39. The summed E-state index contributed by atoms with van der Waals surface area (Å²) in [5.74, 6) is -3.10. The number of halogens is 2. The first-order valence-electron chi connectivity index (χ1n) is 10.3. The fourth-order valence-corrected chi connectivity index (χ4v) is 3.21. The Morgan fingerprint density at radius 2 is 1.33 bits per heavy atom. The van der Waals surface area contributed by atoms with Gasteiger partial charge in [0.15, 0.2) is 5.78 Å². The maximum atomic E-state index is 13.7. The summed E-state index contributed by atoms with van der Waals surface area (Å²) in [5, 5.41) is 4.92. The summed E-state index contributed by atoms with van der Waals surface area (Å²) in [6, 6.07) is 18.6. The van der Waals surface area contributed by atoms with Crippen molar-refractivity contribution in [3.63, 3.8) is 0 Å². The highest BCUT2D eigenvalue weighted by molar-refractivity contribution is 6.13. The van der Waals surface area contributed by atoms with Crippen LogP contribution in [-0.4, -0.2) is 42.1 Å². The van der Waals surface area contributed by atoms with Crippen LogP contribution < -0.4 is 10.6 Å². The van der Waals surface area contributed by atoms with Gasteiger partial charge in [-0.1, -0.05) is 55.5 Å². The normalized spacial score (nSPS) is 10.7. The Bertz CT molecular complexity index is 1130. The Kier molecular flexibility index (Phi) is 7.99. The second-order valence-corrected chi connectivity index (χ2v) is 7.24. The number of amides is 2. The van der Waals surface area contributed by atoms with Crippen LogP contribution in [0.2, 0.25) is 0 Å². The highest BCUT2D eigenvalue weighted by Gasteiger charge is 2.18. The van der Waals surface area contributed by atoms with E-state index >= 15 is 0 Å². The van der Waals surface area contributed by atoms with E-state index in [-0.39, 0.29) is 18.9 Å². The molecule has 3 aromatic rings. The monoisotopic (exact) mass is 451 g/mol. The van der Waals surface area contributed by atoms with Crippen LogP contribution in [-0.2, 0) is 9.59 Å². The Morgan fingerprint density at radius 3 is 1.97 bits per heavy atom. The summed E-state index contributed by atoms with van der Waals surface area (Å²) in [6.45, 7) is 1.68. The molecule has 8 heteroatoms. The third kappa shape index (κ3) is 6.30. The number of nitrogens with one attached hydrogen (secondary N) is 2. The van der Waals surface area contributed by atoms with Crippen LogP contribution >= 0.6 is 0 Å². The lowest BCUT2D eigenvalue weighted by molar-refractivity contribution is -0.120. The molecule has 0 fully saturated rings. The second-order valence-electron chi connectivity index (χ2n) is 7.24. The molecule has 3 aromatic carbocycles. The van der Waals surface area contributed by atoms with E-state index in [1.807, 2.05) is 0 Å². The first-order chi connectivity index (χ1) is 15.9. The number of hydrogen-bond acceptors (Lipinski definition) is 4. The van der Waals surface area contributed by atoms with Crippen molar-refractivity contribution < 1.29 is 23.2 Å². The molecule has 0 atom stereocenters. The van der Waals surface area contributed by atoms with Gasteiger partial charge in [-0.25, -0.2) is 8.78 Å². The van der Waals surface area contributed by atoms with Crippen LogP contribution in [0.25, 0.3) is 0 Å². The molecule has 170 valence electrons. The van der Waals surface area contributed by atoms with Crippen molar-refractivity contribution >= 4 is 29.0 Å². The van der Waals surface area contributed by atoms with Crippen molar-refractivity contribution in [1.82, 2.24) is 4.90 Å². The van der Waals surface area contributed by atoms with Gasteiger partial charge < -0.3 is 10.6 Å². The largest absolute Gasteiger partial charge is 0.324 e. The summed E-state index contributed by atoms with van der Waals surface area (Å²) < 4.78 is 27.5. The van der Waals surface area contributed by atoms with Crippen LogP contribution in [0.1, 0.15) is 22.8 Å². The summed E-state index contributed by atoms with van der Waals surface area (Å²) in [5.41, 5.74) is 0.654. The van der Waals surface area contributed by atoms with E-state index in [9.17, 15) is 23.2 Å². The molecule has 0 aliphatic carbocycles. The molecule has 0 aliphatic rings. The zero-order valence-electron chi connectivity index (χ0n) is 18.0. The van der Waals surface area contributed by atoms with Crippen LogP contribution in [0.3, 0.4) is 0 Å². The minimum atomic E-state index is -0.885. The summed E-state index contributed by atoms with van der Waals surface area (Å²) in [7, 11) is 0. The van der Waals surface area contributed by atoms with E-state index in [1.54, 1.807) is 61.5 Å². The molecule has 6 nitrogen and oxygen atoms in total. The molecular formula is C25H23F2N3O3. The zero-order chi connectivity index (χ0) is 23.8. The van der Waals surface area contributed by atoms with Gasteiger partial charge in [-0.2, -0.15) is 0 Å². The molecule has 0 saturated heterocycles. The second kappa shape index (κ2) is 11.1. The number of para-hydroxylation sites is 2. The average Bonchev–Trinajstić information content (AvgIpc) is 2.81. The number of ketones is 1. The fraction of sp³-hybridized carbons (Fsp3) is 0.160. The van der Waals surface area contributed by atoms with Gasteiger partial charge in [0.05, 0.1) is 18.8 Å². The first kappa shape index (κ1) is 23.7. The van der Waals surface area contributed by atoms with Gasteiger partial charge in [-0.15, -0.1) is 0 Å². The number of carbonyl (C=O) groups excluding carboxylic acids is 3. The molecular weight excluding hydrogens is 428 g/mol. The quantitative estimate of drug-likeness (QED) is 0.481. The van der Waals surface area contributed by atoms with E-state index in [4.69, 9.17) is 0 Å². The molecule has 33 heavy (non-hydrogen) atoms. The Morgan fingerprint density at radius 1 is 0.758 bits per heavy atom. The van der Waals surface area contributed by atoms with Crippen LogP contribution in [0.4, 0.5) is 20.2 Å². The predicted octanol–water partition coefficient (Wildman–Crippen LogP) is 4.09. The van der Waals surface area contributed by atoms with E-state index in [0.29, 0.717) is 23.4 Å². The Hall–Kier alpha value is -3.91. The molecule has 0 spiro atoms. The van der Waals surface area contributed by atoms with Crippen LogP contribution in [0.5, 0.6) is 0 Å². The summed E-state index contributed by atoms with van der Waals surface area (Å²) in [4.78, 5) is 39.2. The number of benzene rings is 3. The van der Waals surface area contributed by atoms with Crippen LogP contribution in [0, 0.1) is 11.6 Å². The standard InChI is InChI=1S/C25H23F2N3O3/c1-2-30(16-23(32)29-24-19(26)12-8-13-20(24)27)15-22(31)28-21-14-7-6-11-18(21)25(33)17-9-4-3-5-10-17/h3-14H,2,15-16H2,1H3,(H,28,31)(H,29,32). The molecule has 2 amide bonds. The molecule has 0 saturated carbocycles. The van der Waals surface area contributed by atoms with Crippen molar-refractivity contribution in [2.75, 3.05) is 30.3 Å². The van der Waals surface area contributed by atoms with Crippen molar-refractivity contribution in [1.29, 1.82) is 0 Å². The predicted molar refractivity (Wildman–Crippen MR) is 122 cm³/mol. The number of rotatable bonds is 9. The maximum Gasteiger partial charge on any atom is 0.238 e. The number of hydrogen-bond donors (Lipinski definition) is 2. The molecule has 0 radical (unpaired) electrons. The number of nitrogens with zero attached hydrogens (tertiary/aromatic N) is 1. The van der Waals surface area contributed by atoms with E-state index in [1.165, 1.54) is 11.0 Å². The van der Waals surface area contributed by atoms with E-state index < -0.39 is 29.1 Å². The molecule has 0 aromatic heterocycles. The summed E-state index contributed by atoms with van der Waals surface area (Å²) in [6.07, 6.45) is 0. The number of anilines is 2. The third-order valence-electron chi connectivity index (χ3n) is 4.89. The van der Waals surface area contributed by atoms with Crippen molar-refractivity contribution in [2.45, 2.75) is 6.92 Å². The van der Waals surface area contributed by atoms with E-state index in [2.05, 4.69) is 10.6 Å². The van der Waals surface area contributed by atoms with Crippen molar-refractivity contribution in [3.05, 3.63) is 95.6 Å². The summed E-state index contributed by atoms with van der Waals surface area (Å²) >= 11 is 0. The van der Waals surface area contributed by atoms with Gasteiger partial charge in [0.1, 0.15) is 17.3 Å². The number of likely N-dealkylation sites (N-methyl/N-ethyl adjacent to an activating group) is 1. The minimum absolute atomic E-state index is 0.155. The highest BCUT2D eigenvalue weighted by atomic mass is 19.1. The van der Waals surface area contributed by atoms with Crippen LogP contribution in [0.15, 0.2) is 72.8 Å². The van der Waals surface area contributed by atoms with Gasteiger partial charge >= 0.3 is 0 Å². The van der Waals surface area contributed by atoms with Gasteiger partial charge in [0.25, 0.3) is 0 Å². The minimum Gasteiger partial charge on any atom is -0.324 e. The van der Waals surface area contributed by atoms with Gasteiger partial charge in [-0.3, -0.25) is 19.3 Å². The maximum absolute atomic E-state index is 13.7. The van der Waals surface area contributed by atoms with Gasteiger partial charge in [0, 0.05) is 11.1 Å². The lowest BCUT2D eigenvalue weighted by atomic mass is 10.0. The Balaban J connectivity index is 1.64. The smallest absolute Gasteiger partial charge is 0.238 e. The van der Waals surface area contributed by atoms with Gasteiger partial charge in [-0.05, 0) is 30.8 Å². The zero-order valence-corrected chi connectivity index (χ0v) is 18.0. The molecule has 0 aliphatic heterocycles. The number of carbonyl (C=O) groups is 3. The lowest BCUT2D eigenvalue weighted by Gasteiger charge is -2.20. The molecule has 3 rings (SSSR count). The molecule has 0 unspecified atom stereocenters. The molecule has 2 N–H and O–H groups in total. The SMILES string of the molecule is CCN(CC(=O)Nc1ccccc1C(=O)c1ccccc1)CC(=O)Nc1c(F)cccc1F. The average molecular weight is 451 g/mol. The highest BCUT2D eigenvalue weighted by Crippen LogP contribution is 2.20. The molecule has 0 heterocycles. The first-order valence-corrected chi connectivity index (χ1v) is 10.3. The third-order valence-corrected chi connectivity index (χ3v) is 4.89. The van der Waals surface area contributed by atoms with E-state index in [0.717, 1.165) is 12.1 Å². The fourth-order valence-electron chi connectivity index (χ4n) is 3.21. The van der Waals surface area contributed by atoms with Gasteiger partial charge in [0.2, 0.25) is 11.8 Å². The molecule has 0 bridgehead atoms. The topological polar surface area (TPSA) is 78.5 Å². The van der Waals surface area contributed by atoms with Crippen molar-refractivity contribution in [3.8, 4) is 0 Å². The van der Waals surface area contributed by atoms with Crippen molar-refractivity contribution in [2.24, 2.45) is 0 Å².